The van der Waals surface area contributed by atoms with Gasteiger partial charge in [-0.05, 0) is 55.7 Å². The molecule has 5 heteroatoms. The average Bonchev–Trinajstić information content (AvgIpc) is 3.22. The van der Waals surface area contributed by atoms with Crippen LogP contribution in [0.4, 0.5) is 0 Å². The van der Waals surface area contributed by atoms with Crippen LogP contribution in [-0.4, -0.2) is 38.3 Å². The molecule has 2 atom stereocenters. The molecular formula is C18H25NO4. The molecule has 0 N–H and O–H groups in total. The summed E-state index contributed by atoms with van der Waals surface area (Å²) >= 11 is 0. The molecule has 2 saturated carbocycles. The number of carbonyl (C=O) groups is 1. The summed E-state index contributed by atoms with van der Waals surface area (Å²) in [5, 5.41) is 1.31. The van der Waals surface area contributed by atoms with Gasteiger partial charge in [-0.3, -0.25) is 9.63 Å². The van der Waals surface area contributed by atoms with E-state index >= 15 is 0 Å². The monoisotopic (exact) mass is 319 g/mol. The van der Waals surface area contributed by atoms with E-state index in [1.54, 1.807) is 14.2 Å². The van der Waals surface area contributed by atoms with Gasteiger partial charge < -0.3 is 9.47 Å². The second kappa shape index (κ2) is 6.79. The first kappa shape index (κ1) is 16.1. The number of nitrogens with zero attached hydrogens (tertiary/aromatic N) is 1. The molecule has 1 unspecified atom stereocenters. The number of rotatable bonds is 6. The van der Waals surface area contributed by atoms with Crippen LogP contribution in [0, 0.1) is 5.92 Å². The van der Waals surface area contributed by atoms with E-state index in [9.17, 15) is 4.79 Å². The Morgan fingerprint density at radius 2 is 1.91 bits per heavy atom. The Kier molecular flexibility index (Phi) is 4.76. The summed E-state index contributed by atoms with van der Waals surface area (Å²) in [7, 11) is 4.82. The Balaban J connectivity index is 1.72. The first-order valence-corrected chi connectivity index (χ1v) is 8.30. The third kappa shape index (κ3) is 3.44. The van der Waals surface area contributed by atoms with E-state index in [1.165, 1.54) is 25.0 Å². The SMILES string of the molecule is COc1ccc(C2C[C@@H]2C(=O)N(C)OC)cc1OC1CCCC1. The van der Waals surface area contributed by atoms with Crippen LogP contribution in [0.5, 0.6) is 11.5 Å². The number of amides is 1. The van der Waals surface area contributed by atoms with Crippen molar-refractivity contribution in [1.82, 2.24) is 5.06 Å². The predicted octanol–water partition coefficient (Wildman–Crippen LogP) is 3.14. The predicted molar refractivity (Wildman–Crippen MR) is 86.5 cm³/mol. The van der Waals surface area contributed by atoms with Crippen LogP contribution in [0.3, 0.4) is 0 Å². The van der Waals surface area contributed by atoms with Gasteiger partial charge in [0, 0.05) is 13.0 Å². The number of methoxy groups -OCH3 is 1. The molecule has 23 heavy (non-hydrogen) atoms. The maximum absolute atomic E-state index is 12.2. The fourth-order valence-electron chi connectivity index (χ4n) is 3.36. The highest BCUT2D eigenvalue weighted by molar-refractivity contribution is 5.82. The van der Waals surface area contributed by atoms with Crippen molar-refractivity contribution >= 4 is 5.91 Å². The van der Waals surface area contributed by atoms with Gasteiger partial charge in [0.2, 0.25) is 5.91 Å². The lowest BCUT2D eigenvalue weighted by Crippen LogP contribution is -2.27. The van der Waals surface area contributed by atoms with Crippen LogP contribution < -0.4 is 9.47 Å². The second-order valence-corrected chi connectivity index (χ2v) is 6.40. The first-order chi connectivity index (χ1) is 11.1. The molecule has 0 spiro atoms. The molecule has 0 aromatic heterocycles. The molecule has 5 nitrogen and oxygen atoms in total. The second-order valence-electron chi connectivity index (χ2n) is 6.40. The van der Waals surface area contributed by atoms with Gasteiger partial charge in [-0.1, -0.05) is 6.07 Å². The lowest BCUT2D eigenvalue weighted by atomic mass is 10.1. The van der Waals surface area contributed by atoms with Gasteiger partial charge >= 0.3 is 0 Å². The van der Waals surface area contributed by atoms with Crippen LogP contribution in [0.1, 0.15) is 43.6 Å². The van der Waals surface area contributed by atoms with Gasteiger partial charge in [-0.2, -0.15) is 0 Å². The number of carbonyl (C=O) groups excluding carboxylic acids is 1. The van der Waals surface area contributed by atoms with Gasteiger partial charge in [-0.25, -0.2) is 5.06 Å². The van der Waals surface area contributed by atoms with E-state index in [4.69, 9.17) is 14.3 Å². The van der Waals surface area contributed by atoms with Gasteiger partial charge in [0.1, 0.15) is 0 Å². The highest BCUT2D eigenvalue weighted by Crippen LogP contribution is 2.50. The first-order valence-electron chi connectivity index (χ1n) is 8.30. The molecule has 0 bridgehead atoms. The van der Waals surface area contributed by atoms with Crippen molar-refractivity contribution < 1.29 is 19.1 Å². The summed E-state index contributed by atoms with van der Waals surface area (Å²) < 4.78 is 11.6. The normalized spacial score (nSPS) is 23.6. The topological polar surface area (TPSA) is 48.0 Å². The summed E-state index contributed by atoms with van der Waals surface area (Å²) in [6, 6.07) is 6.02. The summed E-state index contributed by atoms with van der Waals surface area (Å²) in [5.41, 5.74) is 1.14. The van der Waals surface area contributed by atoms with Crippen molar-refractivity contribution in [2.24, 2.45) is 5.92 Å². The fourth-order valence-corrected chi connectivity index (χ4v) is 3.36. The van der Waals surface area contributed by atoms with Crippen molar-refractivity contribution in [2.75, 3.05) is 21.3 Å². The number of ether oxygens (including phenoxy) is 2. The molecule has 2 fully saturated rings. The Morgan fingerprint density at radius 3 is 2.57 bits per heavy atom. The minimum absolute atomic E-state index is 0.00711. The van der Waals surface area contributed by atoms with Crippen LogP contribution in [0.15, 0.2) is 18.2 Å². The van der Waals surface area contributed by atoms with Crippen molar-refractivity contribution in [3.05, 3.63) is 23.8 Å². The molecule has 0 aliphatic heterocycles. The minimum Gasteiger partial charge on any atom is -0.493 e. The zero-order valence-corrected chi connectivity index (χ0v) is 14.1. The Bertz CT molecular complexity index is 568. The van der Waals surface area contributed by atoms with E-state index in [0.29, 0.717) is 0 Å². The zero-order chi connectivity index (χ0) is 16.4. The number of hydroxylamine groups is 2. The van der Waals surface area contributed by atoms with Crippen molar-refractivity contribution in [1.29, 1.82) is 0 Å². The van der Waals surface area contributed by atoms with Gasteiger partial charge in [0.15, 0.2) is 11.5 Å². The van der Waals surface area contributed by atoms with Crippen molar-refractivity contribution in [3.63, 3.8) is 0 Å². The van der Waals surface area contributed by atoms with E-state index < -0.39 is 0 Å². The smallest absolute Gasteiger partial charge is 0.249 e. The summed E-state index contributed by atoms with van der Waals surface area (Å²) in [6.45, 7) is 0. The third-order valence-electron chi connectivity index (χ3n) is 4.90. The number of benzene rings is 1. The average molecular weight is 319 g/mol. The lowest BCUT2D eigenvalue weighted by Gasteiger charge is -2.17. The van der Waals surface area contributed by atoms with Crippen LogP contribution in [0.2, 0.25) is 0 Å². The van der Waals surface area contributed by atoms with Crippen molar-refractivity contribution in [2.45, 2.75) is 44.1 Å². The summed E-state index contributed by atoms with van der Waals surface area (Å²) in [4.78, 5) is 17.1. The van der Waals surface area contributed by atoms with Crippen molar-refractivity contribution in [3.8, 4) is 11.5 Å². The number of hydrogen-bond acceptors (Lipinski definition) is 4. The van der Waals surface area contributed by atoms with E-state index in [-0.39, 0.29) is 23.8 Å². The van der Waals surface area contributed by atoms with Crippen LogP contribution >= 0.6 is 0 Å². The number of hydrogen-bond donors (Lipinski definition) is 0. The van der Waals surface area contributed by atoms with E-state index in [0.717, 1.165) is 36.3 Å². The van der Waals surface area contributed by atoms with E-state index in [1.807, 2.05) is 18.2 Å². The Labute approximate surface area is 137 Å². The molecular weight excluding hydrogens is 294 g/mol. The molecule has 0 radical (unpaired) electrons. The van der Waals surface area contributed by atoms with Crippen LogP contribution in [0.25, 0.3) is 0 Å². The van der Waals surface area contributed by atoms with E-state index in [2.05, 4.69) is 0 Å². The molecule has 126 valence electrons. The molecule has 1 amide bonds. The molecule has 2 aliphatic carbocycles. The zero-order valence-electron chi connectivity index (χ0n) is 14.1. The third-order valence-corrected chi connectivity index (χ3v) is 4.90. The minimum atomic E-state index is 0.00711. The Hall–Kier alpha value is -1.75. The molecule has 1 aromatic carbocycles. The quantitative estimate of drug-likeness (QED) is 0.756. The molecule has 3 rings (SSSR count). The molecule has 0 saturated heterocycles. The van der Waals surface area contributed by atoms with Crippen LogP contribution in [-0.2, 0) is 9.63 Å². The standard InChI is InChI=1S/C18H25NO4/c1-19(22-3)18(20)15-11-14(15)12-8-9-16(21-2)17(10-12)23-13-6-4-5-7-13/h8-10,13-15H,4-7,11H2,1-3H3/t14?,15-/m0/s1. The highest BCUT2D eigenvalue weighted by Gasteiger charge is 2.45. The fraction of sp³-hybridized carbons (Fsp3) is 0.611. The lowest BCUT2D eigenvalue weighted by molar-refractivity contribution is -0.170. The maximum Gasteiger partial charge on any atom is 0.249 e. The summed E-state index contributed by atoms with van der Waals surface area (Å²) in [6.07, 6.45) is 5.83. The summed E-state index contributed by atoms with van der Waals surface area (Å²) in [5.74, 6) is 1.85. The van der Waals surface area contributed by atoms with Gasteiger partial charge in [0.25, 0.3) is 0 Å². The van der Waals surface area contributed by atoms with Gasteiger partial charge in [-0.15, -0.1) is 0 Å². The van der Waals surface area contributed by atoms with Gasteiger partial charge in [0.05, 0.1) is 20.3 Å². The largest absolute Gasteiger partial charge is 0.493 e. The molecule has 0 heterocycles. The molecule has 2 aliphatic rings. The highest BCUT2D eigenvalue weighted by atomic mass is 16.7. The Morgan fingerprint density at radius 1 is 1.17 bits per heavy atom. The maximum atomic E-state index is 12.2. The molecule has 1 aromatic rings.